The number of rotatable bonds is 3. The molecule has 3 rings (SSSR count). The Labute approximate surface area is 149 Å². The van der Waals surface area contributed by atoms with E-state index in [0.717, 1.165) is 12.8 Å². The monoisotopic (exact) mass is 358 g/mol. The summed E-state index contributed by atoms with van der Waals surface area (Å²) in [6.07, 6.45) is 2.49. The van der Waals surface area contributed by atoms with Crippen molar-refractivity contribution in [2.45, 2.75) is 25.8 Å². The van der Waals surface area contributed by atoms with E-state index >= 15 is 0 Å². The van der Waals surface area contributed by atoms with E-state index in [9.17, 15) is 19.7 Å². The lowest BCUT2D eigenvalue weighted by Gasteiger charge is -2.32. The van der Waals surface area contributed by atoms with Crippen LogP contribution in [0.25, 0.3) is 0 Å². The first-order valence-corrected chi connectivity index (χ1v) is 8.21. The molecule has 1 atom stereocenters. The molecular formula is C17H18N4O5. The molecule has 0 N–H and O–H groups in total. The summed E-state index contributed by atoms with van der Waals surface area (Å²) >= 11 is 0. The fourth-order valence-electron chi connectivity index (χ4n) is 2.90. The van der Waals surface area contributed by atoms with Crippen LogP contribution in [-0.4, -0.2) is 38.8 Å². The Morgan fingerprint density at radius 3 is 2.73 bits per heavy atom. The molecule has 0 radical (unpaired) electrons. The van der Waals surface area contributed by atoms with Gasteiger partial charge in [-0.15, -0.1) is 0 Å². The molecule has 0 bridgehead atoms. The fraction of sp³-hybridized carbons (Fsp3) is 0.353. The van der Waals surface area contributed by atoms with Crippen molar-refractivity contribution >= 4 is 11.8 Å². The number of nitro groups is 1. The second-order valence-corrected chi connectivity index (χ2v) is 6.12. The highest BCUT2D eigenvalue weighted by Gasteiger charge is 2.27. The summed E-state index contributed by atoms with van der Waals surface area (Å²) in [5.74, 6) is 0.230. The lowest BCUT2D eigenvalue weighted by molar-refractivity contribution is -0.384. The Hall–Kier alpha value is -3.23. The van der Waals surface area contributed by atoms with Crippen LogP contribution in [0.5, 0.6) is 5.75 Å². The number of benzene rings is 1. The molecule has 1 aromatic heterocycles. The first-order chi connectivity index (χ1) is 12.5. The third-order valence-corrected chi connectivity index (χ3v) is 4.31. The van der Waals surface area contributed by atoms with Crippen LogP contribution >= 0.6 is 0 Å². The number of carbonyl (C=O) groups excluding carboxylic acids is 1. The van der Waals surface area contributed by atoms with Gasteiger partial charge in [-0.1, -0.05) is 0 Å². The number of ether oxygens (including phenoxy) is 1. The van der Waals surface area contributed by atoms with Gasteiger partial charge in [0, 0.05) is 37.0 Å². The van der Waals surface area contributed by atoms with Gasteiger partial charge in [0.1, 0.15) is 5.75 Å². The van der Waals surface area contributed by atoms with E-state index in [2.05, 4.69) is 5.10 Å². The highest BCUT2D eigenvalue weighted by atomic mass is 16.6. The summed E-state index contributed by atoms with van der Waals surface area (Å²) in [5.41, 5.74) is 0.362. The van der Waals surface area contributed by atoms with Crippen molar-refractivity contribution in [3.05, 3.63) is 62.6 Å². The SMILES string of the molecule is Cc1ccnn([C@@H]2CCCN(C(=O)Oc3ccc([N+](=O)[O-])cc3)C2)c1=O. The molecule has 1 amide bonds. The molecule has 26 heavy (non-hydrogen) atoms. The lowest BCUT2D eigenvalue weighted by Crippen LogP contribution is -2.44. The maximum absolute atomic E-state index is 12.4. The summed E-state index contributed by atoms with van der Waals surface area (Å²) in [4.78, 5) is 36.3. The largest absolute Gasteiger partial charge is 0.415 e. The lowest BCUT2D eigenvalue weighted by atomic mass is 10.1. The molecular weight excluding hydrogens is 340 g/mol. The van der Waals surface area contributed by atoms with E-state index in [4.69, 9.17) is 4.74 Å². The minimum absolute atomic E-state index is 0.0762. The van der Waals surface area contributed by atoms with Gasteiger partial charge in [-0.3, -0.25) is 14.9 Å². The van der Waals surface area contributed by atoms with Crippen LogP contribution in [0, 0.1) is 17.0 Å². The normalized spacial score (nSPS) is 17.0. The van der Waals surface area contributed by atoms with Crippen LogP contribution in [0.3, 0.4) is 0 Å². The van der Waals surface area contributed by atoms with Crippen LogP contribution < -0.4 is 10.3 Å². The third-order valence-electron chi connectivity index (χ3n) is 4.31. The summed E-state index contributed by atoms with van der Waals surface area (Å²) < 4.78 is 6.70. The van der Waals surface area contributed by atoms with Crippen molar-refractivity contribution in [2.24, 2.45) is 0 Å². The summed E-state index contributed by atoms with van der Waals surface area (Å²) in [6, 6.07) is 6.76. The van der Waals surface area contributed by atoms with E-state index in [1.165, 1.54) is 33.8 Å². The van der Waals surface area contributed by atoms with Crippen molar-refractivity contribution in [2.75, 3.05) is 13.1 Å². The van der Waals surface area contributed by atoms with Crippen LogP contribution in [-0.2, 0) is 0 Å². The zero-order valence-corrected chi connectivity index (χ0v) is 14.2. The zero-order valence-electron chi connectivity index (χ0n) is 14.2. The third kappa shape index (κ3) is 3.71. The number of non-ortho nitro benzene ring substituents is 1. The molecule has 2 heterocycles. The molecule has 1 aliphatic heterocycles. The predicted octanol–water partition coefficient (Wildman–Crippen LogP) is 2.30. The minimum Gasteiger partial charge on any atom is -0.410 e. The van der Waals surface area contributed by atoms with Gasteiger partial charge in [-0.25, -0.2) is 9.48 Å². The predicted molar refractivity (Wildman–Crippen MR) is 92.2 cm³/mol. The maximum Gasteiger partial charge on any atom is 0.415 e. The first kappa shape index (κ1) is 17.6. The van der Waals surface area contributed by atoms with E-state index in [1.54, 1.807) is 19.2 Å². The van der Waals surface area contributed by atoms with Gasteiger partial charge >= 0.3 is 6.09 Å². The molecule has 1 fully saturated rings. The van der Waals surface area contributed by atoms with Crippen LogP contribution in [0.15, 0.2) is 41.3 Å². The topological polar surface area (TPSA) is 108 Å². The number of hydrogen-bond acceptors (Lipinski definition) is 6. The van der Waals surface area contributed by atoms with Crippen LogP contribution in [0.2, 0.25) is 0 Å². The molecule has 0 unspecified atom stereocenters. The van der Waals surface area contributed by atoms with E-state index in [0.29, 0.717) is 18.7 Å². The molecule has 1 aliphatic rings. The Morgan fingerprint density at radius 1 is 1.31 bits per heavy atom. The number of carbonyl (C=O) groups is 1. The second kappa shape index (κ2) is 7.34. The standard InChI is InChI=1S/C17H18N4O5/c1-12-8-9-18-20(16(12)22)14-3-2-10-19(11-14)17(23)26-15-6-4-13(5-7-15)21(24)25/h4-9,14H,2-3,10-11H2,1H3/t14-/m1/s1. The van der Waals surface area contributed by atoms with Gasteiger partial charge in [0.25, 0.3) is 11.2 Å². The maximum atomic E-state index is 12.4. The average Bonchev–Trinajstić information content (AvgIpc) is 2.64. The van der Waals surface area contributed by atoms with Crippen LogP contribution in [0.4, 0.5) is 10.5 Å². The van der Waals surface area contributed by atoms with Crippen molar-refractivity contribution in [3.8, 4) is 5.75 Å². The zero-order chi connectivity index (χ0) is 18.7. The Kier molecular flexibility index (Phi) is 4.97. The van der Waals surface area contributed by atoms with Crippen molar-refractivity contribution in [3.63, 3.8) is 0 Å². The van der Waals surface area contributed by atoms with Gasteiger partial charge in [0.05, 0.1) is 11.0 Å². The minimum atomic E-state index is -0.552. The van der Waals surface area contributed by atoms with Gasteiger partial charge in [-0.05, 0) is 38.0 Å². The average molecular weight is 358 g/mol. The van der Waals surface area contributed by atoms with Gasteiger partial charge in [0.2, 0.25) is 0 Å². The molecule has 1 aromatic carbocycles. The summed E-state index contributed by atoms with van der Waals surface area (Å²) in [6.45, 7) is 2.56. The van der Waals surface area contributed by atoms with Crippen LogP contribution in [0.1, 0.15) is 24.4 Å². The van der Waals surface area contributed by atoms with Crippen molar-refractivity contribution in [1.82, 2.24) is 14.7 Å². The number of nitro benzene ring substituents is 1. The van der Waals surface area contributed by atoms with Gasteiger partial charge in [0.15, 0.2) is 0 Å². The Bertz CT molecular complexity index is 877. The van der Waals surface area contributed by atoms with E-state index in [1.807, 2.05) is 0 Å². The molecule has 136 valence electrons. The molecule has 0 spiro atoms. The number of piperidine rings is 1. The molecule has 0 saturated carbocycles. The summed E-state index contributed by atoms with van der Waals surface area (Å²) in [7, 11) is 0. The molecule has 9 nitrogen and oxygen atoms in total. The Balaban J connectivity index is 1.69. The first-order valence-electron chi connectivity index (χ1n) is 8.21. The number of aryl methyl sites for hydroxylation is 1. The molecule has 0 aliphatic carbocycles. The van der Waals surface area contributed by atoms with E-state index < -0.39 is 11.0 Å². The molecule has 1 saturated heterocycles. The number of hydrogen-bond donors (Lipinski definition) is 0. The highest BCUT2D eigenvalue weighted by Crippen LogP contribution is 2.22. The number of nitrogens with zero attached hydrogens (tertiary/aromatic N) is 4. The Morgan fingerprint density at radius 2 is 2.04 bits per heavy atom. The summed E-state index contributed by atoms with van der Waals surface area (Å²) in [5, 5.41) is 14.8. The van der Waals surface area contributed by atoms with Crippen molar-refractivity contribution in [1.29, 1.82) is 0 Å². The van der Waals surface area contributed by atoms with Gasteiger partial charge in [-0.2, -0.15) is 5.10 Å². The smallest absolute Gasteiger partial charge is 0.410 e. The number of likely N-dealkylation sites (tertiary alicyclic amines) is 1. The number of amides is 1. The fourth-order valence-corrected chi connectivity index (χ4v) is 2.90. The molecule has 9 heteroatoms. The number of aromatic nitrogens is 2. The quantitative estimate of drug-likeness (QED) is 0.615. The molecule has 2 aromatic rings. The van der Waals surface area contributed by atoms with Crippen molar-refractivity contribution < 1.29 is 14.5 Å². The second-order valence-electron chi connectivity index (χ2n) is 6.12. The highest BCUT2D eigenvalue weighted by molar-refractivity contribution is 5.71. The van der Waals surface area contributed by atoms with E-state index in [-0.39, 0.29) is 23.0 Å². The van der Waals surface area contributed by atoms with Gasteiger partial charge < -0.3 is 9.64 Å².